The van der Waals surface area contributed by atoms with Gasteiger partial charge in [0.05, 0.1) is 6.61 Å². The molecule has 0 radical (unpaired) electrons. The van der Waals surface area contributed by atoms with E-state index in [9.17, 15) is 4.79 Å². The van der Waals surface area contributed by atoms with E-state index in [1.54, 1.807) is 0 Å². The van der Waals surface area contributed by atoms with Crippen LogP contribution in [0, 0.1) is 0 Å². The number of benzene rings is 3. The molecule has 0 aromatic heterocycles. The molecule has 4 nitrogen and oxygen atoms in total. The average Bonchev–Trinajstić information content (AvgIpc) is 3.34. The van der Waals surface area contributed by atoms with E-state index >= 15 is 0 Å². The molecule has 2 N–H and O–H groups in total. The maximum absolute atomic E-state index is 12.3. The summed E-state index contributed by atoms with van der Waals surface area (Å²) in [7, 11) is 0. The second-order valence-corrected chi connectivity index (χ2v) is 7.42. The zero-order valence-electron chi connectivity index (χ0n) is 15.0. The number of nitrogens with one attached hydrogen (secondary N) is 2. The monoisotopic (exact) mass is 358 g/mol. The Morgan fingerprint density at radius 1 is 0.963 bits per heavy atom. The highest BCUT2D eigenvalue weighted by molar-refractivity contribution is 5.87. The van der Waals surface area contributed by atoms with Crippen molar-refractivity contribution in [3.8, 4) is 5.75 Å². The predicted octanol–water partition coefficient (Wildman–Crippen LogP) is 4.17. The number of urea groups is 1. The van der Waals surface area contributed by atoms with Crippen LogP contribution in [0.25, 0.3) is 10.8 Å². The molecule has 0 saturated heterocycles. The van der Waals surface area contributed by atoms with Crippen LogP contribution in [0.5, 0.6) is 5.75 Å². The number of carbonyl (C=O) groups is 1. The highest BCUT2D eigenvalue weighted by atomic mass is 16.5. The predicted molar refractivity (Wildman–Crippen MR) is 106 cm³/mol. The lowest BCUT2D eigenvalue weighted by atomic mass is 10.0. The minimum absolute atomic E-state index is 0.0906. The lowest BCUT2D eigenvalue weighted by molar-refractivity contribution is 0.238. The lowest BCUT2D eigenvalue weighted by Crippen LogP contribution is -2.39. The van der Waals surface area contributed by atoms with Gasteiger partial charge in [0, 0.05) is 30.0 Å². The molecule has 4 heteroatoms. The van der Waals surface area contributed by atoms with Gasteiger partial charge in [-0.15, -0.1) is 0 Å². The average molecular weight is 358 g/mol. The number of hydrogen-bond acceptors (Lipinski definition) is 2. The van der Waals surface area contributed by atoms with Gasteiger partial charge in [-0.2, -0.15) is 0 Å². The van der Waals surface area contributed by atoms with Gasteiger partial charge in [-0.1, -0.05) is 60.7 Å². The second kappa shape index (κ2) is 6.62. The molecule has 1 fully saturated rings. The standard InChI is InChI=1S/C23H22N2O2/c26-23(24-13-16-14-27-22-11-4-3-9-18(16)22)25-21-12-20(21)19-10-5-7-15-6-1-2-8-17(15)19/h1-11,16,20-21H,12-14H2,(H2,24,25,26)/t16?,20-,21+/m0/s1. The lowest BCUT2D eigenvalue weighted by Gasteiger charge is -2.12. The van der Waals surface area contributed by atoms with E-state index < -0.39 is 0 Å². The van der Waals surface area contributed by atoms with Gasteiger partial charge in [-0.3, -0.25) is 0 Å². The summed E-state index contributed by atoms with van der Waals surface area (Å²) in [5, 5.41) is 8.68. The molecule has 3 aromatic rings. The molecule has 1 saturated carbocycles. The fourth-order valence-corrected chi connectivity index (χ4v) is 4.11. The first-order valence-electron chi connectivity index (χ1n) is 9.53. The van der Waals surface area contributed by atoms with Gasteiger partial charge >= 0.3 is 6.03 Å². The van der Waals surface area contributed by atoms with Gasteiger partial charge < -0.3 is 15.4 Å². The minimum atomic E-state index is -0.0906. The van der Waals surface area contributed by atoms with E-state index in [0.29, 0.717) is 19.1 Å². The number of ether oxygens (including phenoxy) is 1. The van der Waals surface area contributed by atoms with Crippen LogP contribution in [0.1, 0.15) is 29.4 Å². The van der Waals surface area contributed by atoms with E-state index in [1.807, 2.05) is 18.2 Å². The van der Waals surface area contributed by atoms with Gasteiger partial charge in [0.2, 0.25) is 0 Å². The first-order chi connectivity index (χ1) is 13.3. The van der Waals surface area contributed by atoms with E-state index in [1.165, 1.54) is 21.9 Å². The minimum Gasteiger partial charge on any atom is -0.493 e. The van der Waals surface area contributed by atoms with Crippen LogP contribution in [0.4, 0.5) is 4.79 Å². The largest absolute Gasteiger partial charge is 0.493 e. The van der Waals surface area contributed by atoms with E-state index in [4.69, 9.17) is 4.74 Å². The molecular weight excluding hydrogens is 336 g/mol. The van der Waals surface area contributed by atoms with Gasteiger partial charge in [-0.25, -0.2) is 4.79 Å². The zero-order valence-corrected chi connectivity index (χ0v) is 15.0. The summed E-state index contributed by atoms with van der Waals surface area (Å²) < 4.78 is 5.68. The Morgan fingerprint density at radius 3 is 2.70 bits per heavy atom. The third kappa shape index (κ3) is 3.12. The van der Waals surface area contributed by atoms with Crippen molar-refractivity contribution in [1.82, 2.24) is 10.6 Å². The molecule has 1 aliphatic heterocycles. The molecule has 27 heavy (non-hydrogen) atoms. The van der Waals surface area contributed by atoms with E-state index in [-0.39, 0.29) is 18.0 Å². The number of fused-ring (bicyclic) bond motifs is 2. The van der Waals surface area contributed by atoms with Crippen molar-refractivity contribution < 1.29 is 9.53 Å². The Balaban J connectivity index is 1.18. The maximum atomic E-state index is 12.3. The smallest absolute Gasteiger partial charge is 0.315 e. The van der Waals surface area contributed by atoms with Crippen LogP contribution in [-0.4, -0.2) is 25.2 Å². The Hall–Kier alpha value is -3.01. The van der Waals surface area contributed by atoms with Gasteiger partial charge in [0.1, 0.15) is 5.75 Å². The van der Waals surface area contributed by atoms with Crippen LogP contribution in [0.2, 0.25) is 0 Å². The normalized spacial score (nSPS) is 22.7. The van der Waals surface area contributed by atoms with Crippen molar-refractivity contribution in [2.45, 2.75) is 24.3 Å². The summed E-state index contributed by atoms with van der Waals surface area (Å²) in [4.78, 5) is 12.3. The molecule has 1 aliphatic carbocycles. The summed E-state index contributed by atoms with van der Waals surface area (Å²) in [6.07, 6.45) is 0.997. The molecule has 3 atom stereocenters. The summed E-state index contributed by atoms with van der Waals surface area (Å²) >= 11 is 0. The van der Waals surface area contributed by atoms with Crippen LogP contribution in [0.3, 0.4) is 0 Å². The summed E-state index contributed by atoms with van der Waals surface area (Å²) in [5.41, 5.74) is 2.51. The third-order valence-corrected chi connectivity index (χ3v) is 5.64. The van der Waals surface area contributed by atoms with Crippen molar-refractivity contribution in [3.05, 3.63) is 77.9 Å². The van der Waals surface area contributed by atoms with E-state index in [0.717, 1.165) is 12.2 Å². The Bertz CT molecular complexity index is 995. The first kappa shape index (κ1) is 16.2. The third-order valence-electron chi connectivity index (χ3n) is 5.64. The molecule has 5 rings (SSSR count). The van der Waals surface area contributed by atoms with Gasteiger partial charge in [-0.05, 0) is 28.8 Å². The molecule has 3 aromatic carbocycles. The van der Waals surface area contributed by atoms with Gasteiger partial charge in [0.25, 0.3) is 0 Å². The molecule has 136 valence electrons. The van der Waals surface area contributed by atoms with Gasteiger partial charge in [0.15, 0.2) is 0 Å². The van der Waals surface area contributed by atoms with Crippen LogP contribution in [0.15, 0.2) is 66.7 Å². The van der Waals surface area contributed by atoms with Crippen LogP contribution < -0.4 is 15.4 Å². The fraction of sp³-hybridized carbons (Fsp3) is 0.261. The number of amides is 2. The van der Waals surface area contributed by atoms with Crippen molar-refractivity contribution in [1.29, 1.82) is 0 Å². The molecule has 2 aliphatic rings. The quantitative estimate of drug-likeness (QED) is 0.735. The Kier molecular flexibility index (Phi) is 3.97. The SMILES string of the molecule is O=C(NCC1COc2ccccc21)N[C@@H]1C[C@H]1c1cccc2ccccc12. The van der Waals surface area contributed by atoms with E-state index in [2.05, 4.69) is 59.2 Å². The summed E-state index contributed by atoms with van der Waals surface area (Å²) in [6.45, 7) is 1.22. The highest BCUT2D eigenvalue weighted by Gasteiger charge is 2.40. The van der Waals surface area contributed by atoms with Crippen LogP contribution in [-0.2, 0) is 0 Å². The zero-order chi connectivity index (χ0) is 18.2. The molecule has 0 spiro atoms. The molecule has 1 heterocycles. The number of hydrogen-bond donors (Lipinski definition) is 2. The molecule has 2 amide bonds. The number of para-hydroxylation sites is 1. The molecule has 0 bridgehead atoms. The number of carbonyl (C=O) groups excluding carboxylic acids is 1. The van der Waals surface area contributed by atoms with Crippen molar-refractivity contribution in [2.24, 2.45) is 0 Å². The number of rotatable bonds is 4. The fourth-order valence-electron chi connectivity index (χ4n) is 4.11. The molecule has 1 unspecified atom stereocenters. The maximum Gasteiger partial charge on any atom is 0.315 e. The Morgan fingerprint density at radius 2 is 1.74 bits per heavy atom. The van der Waals surface area contributed by atoms with Crippen molar-refractivity contribution >= 4 is 16.8 Å². The summed E-state index contributed by atoms with van der Waals surface area (Å²) in [5.74, 6) is 1.56. The van der Waals surface area contributed by atoms with Crippen LogP contribution >= 0.6 is 0 Å². The van der Waals surface area contributed by atoms with Crippen molar-refractivity contribution in [2.75, 3.05) is 13.2 Å². The molecular formula is C23H22N2O2. The Labute approximate surface area is 158 Å². The highest BCUT2D eigenvalue weighted by Crippen LogP contribution is 2.43. The summed E-state index contributed by atoms with van der Waals surface area (Å²) in [6, 6.07) is 23.0. The first-order valence-corrected chi connectivity index (χ1v) is 9.53. The van der Waals surface area contributed by atoms with Crippen molar-refractivity contribution in [3.63, 3.8) is 0 Å². The second-order valence-electron chi connectivity index (χ2n) is 7.42. The topological polar surface area (TPSA) is 50.4 Å².